The molecule has 0 saturated carbocycles. The highest BCUT2D eigenvalue weighted by molar-refractivity contribution is 7.99. The molecule has 3 aromatic rings. The lowest BCUT2D eigenvalue weighted by Gasteiger charge is -2.09. The topological polar surface area (TPSA) is 107 Å². The largest absolute Gasteiger partial charge is 0.454 e. The molecule has 33 heavy (non-hydrogen) atoms. The number of benzene rings is 2. The van der Waals surface area contributed by atoms with Crippen LogP contribution in [0, 0.1) is 11.6 Å². The fourth-order valence-corrected chi connectivity index (χ4v) is 3.90. The van der Waals surface area contributed by atoms with Gasteiger partial charge in [0.25, 0.3) is 5.91 Å². The number of nitrogens with zero attached hydrogens (tertiary/aromatic N) is 3. The molecule has 2 N–H and O–H groups in total. The van der Waals surface area contributed by atoms with Crippen LogP contribution in [0.2, 0.25) is 0 Å². The number of rotatable bonds is 8. The SMILES string of the molecule is CCn1c(CNC(=O)c2ccc3c(c2)OCO3)nnc1SCC(=O)Nc1cc(F)ccc1F. The number of thioether (sulfide) groups is 1. The standard InChI is InChI=1S/C21H19F2N5O4S/c1-2-28-18(9-24-20(30)12-3-6-16-17(7-12)32-11-31-16)26-27-21(28)33-10-19(29)25-15-8-13(22)4-5-14(15)23/h3-8H,2,9-11H2,1H3,(H,24,30)(H,25,29). The highest BCUT2D eigenvalue weighted by Crippen LogP contribution is 2.32. The van der Waals surface area contributed by atoms with E-state index < -0.39 is 17.5 Å². The Balaban J connectivity index is 1.34. The Morgan fingerprint density at radius 3 is 2.76 bits per heavy atom. The van der Waals surface area contributed by atoms with Crippen molar-refractivity contribution in [3.63, 3.8) is 0 Å². The Hall–Kier alpha value is -3.67. The van der Waals surface area contributed by atoms with Crippen LogP contribution in [0.15, 0.2) is 41.6 Å². The number of carbonyl (C=O) groups excluding carboxylic acids is 2. The smallest absolute Gasteiger partial charge is 0.251 e. The number of ether oxygens (including phenoxy) is 2. The van der Waals surface area contributed by atoms with E-state index >= 15 is 0 Å². The molecule has 12 heteroatoms. The Kier molecular flexibility index (Phi) is 6.73. The summed E-state index contributed by atoms with van der Waals surface area (Å²) in [5.74, 6) is -0.706. The van der Waals surface area contributed by atoms with Gasteiger partial charge in [0, 0.05) is 18.2 Å². The van der Waals surface area contributed by atoms with Gasteiger partial charge < -0.3 is 24.7 Å². The highest BCUT2D eigenvalue weighted by Gasteiger charge is 2.18. The van der Waals surface area contributed by atoms with Gasteiger partial charge in [-0.25, -0.2) is 8.78 Å². The Bertz CT molecular complexity index is 1200. The Morgan fingerprint density at radius 1 is 1.12 bits per heavy atom. The van der Waals surface area contributed by atoms with Gasteiger partial charge in [0.1, 0.15) is 11.6 Å². The van der Waals surface area contributed by atoms with E-state index in [1.165, 1.54) is 0 Å². The van der Waals surface area contributed by atoms with E-state index in [4.69, 9.17) is 9.47 Å². The quantitative estimate of drug-likeness (QED) is 0.483. The normalized spacial score (nSPS) is 12.0. The fraction of sp³-hybridized carbons (Fsp3) is 0.238. The molecule has 0 aliphatic carbocycles. The van der Waals surface area contributed by atoms with Crippen LogP contribution < -0.4 is 20.1 Å². The Morgan fingerprint density at radius 2 is 1.94 bits per heavy atom. The molecule has 172 valence electrons. The van der Waals surface area contributed by atoms with Crippen LogP contribution in [0.1, 0.15) is 23.1 Å². The molecule has 2 aromatic carbocycles. The average molecular weight is 475 g/mol. The van der Waals surface area contributed by atoms with Crippen molar-refractivity contribution in [1.82, 2.24) is 20.1 Å². The fourth-order valence-electron chi connectivity index (χ4n) is 3.08. The van der Waals surface area contributed by atoms with Gasteiger partial charge in [-0.05, 0) is 37.3 Å². The molecule has 1 aliphatic heterocycles. The van der Waals surface area contributed by atoms with Gasteiger partial charge in [-0.1, -0.05) is 11.8 Å². The number of hydrogen-bond donors (Lipinski definition) is 2. The van der Waals surface area contributed by atoms with Crippen LogP contribution in [-0.4, -0.2) is 39.1 Å². The van der Waals surface area contributed by atoms with Crippen LogP contribution in [-0.2, 0) is 17.9 Å². The minimum atomic E-state index is -0.730. The summed E-state index contributed by atoms with van der Waals surface area (Å²) in [6, 6.07) is 7.72. The van der Waals surface area contributed by atoms with E-state index in [0.717, 1.165) is 30.0 Å². The molecule has 2 amide bonds. The highest BCUT2D eigenvalue weighted by atomic mass is 32.2. The molecular weight excluding hydrogens is 456 g/mol. The van der Waals surface area contributed by atoms with Crippen molar-refractivity contribution in [3.8, 4) is 11.5 Å². The second-order valence-corrected chi connectivity index (χ2v) is 7.80. The predicted octanol–water partition coefficient (Wildman–Crippen LogP) is 2.97. The molecule has 2 heterocycles. The van der Waals surface area contributed by atoms with E-state index in [1.54, 1.807) is 22.8 Å². The number of aromatic nitrogens is 3. The molecule has 0 bridgehead atoms. The number of fused-ring (bicyclic) bond motifs is 1. The molecular formula is C21H19F2N5O4S. The first kappa shape index (κ1) is 22.5. The zero-order valence-electron chi connectivity index (χ0n) is 17.4. The second-order valence-electron chi connectivity index (χ2n) is 6.85. The summed E-state index contributed by atoms with van der Waals surface area (Å²) in [7, 11) is 0. The van der Waals surface area contributed by atoms with Gasteiger partial charge in [0.15, 0.2) is 22.5 Å². The molecule has 0 radical (unpaired) electrons. The van der Waals surface area contributed by atoms with Gasteiger partial charge in [-0.3, -0.25) is 9.59 Å². The van der Waals surface area contributed by atoms with Crippen LogP contribution in [0.25, 0.3) is 0 Å². The summed E-state index contributed by atoms with van der Waals surface area (Å²) in [4.78, 5) is 24.6. The minimum Gasteiger partial charge on any atom is -0.454 e. The number of carbonyl (C=O) groups is 2. The van der Waals surface area contributed by atoms with Crippen molar-refractivity contribution in [2.24, 2.45) is 0 Å². The van der Waals surface area contributed by atoms with E-state index in [-0.39, 0.29) is 30.7 Å². The lowest BCUT2D eigenvalue weighted by molar-refractivity contribution is -0.113. The second kappa shape index (κ2) is 9.86. The number of halogens is 2. The van der Waals surface area contributed by atoms with E-state index in [1.807, 2.05) is 6.92 Å². The third-order valence-corrected chi connectivity index (χ3v) is 5.65. The maximum absolute atomic E-state index is 13.7. The molecule has 0 saturated heterocycles. The maximum Gasteiger partial charge on any atom is 0.251 e. The van der Waals surface area contributed by atoms with Gasteiger partial charge >= 0.3 is 0 Å². The molecule has 0 unspecified atom stereocenters. The molecule has 0 fully saturated rings. The van der Waals surface area contributed by atoms with Crippen LogP contribution in [0.3, 0.4) is 0 Å². The van der Waals surface area contributed by atoms with Crippen molar-refractivity contribution in [2.45, 2.75) is 25.2 Å². The lowest BCUT2D eigenvalue weighted by Crippen LogP contribution is -2.24. The summed E-state index contributed by atoms with van der Waals surface area (Å²) >= 11 is 1.09. The molecule has 1 aromatic heterocycles. The monoisotopic (exact) mass is 475 g/mol. The van der Waals surface area contributed by atoms with Crippen molar-refractivity contribution < 1.29 is 27.8 Å². The zero-order chi connectivity index (χ0) is 23.4. The van der Waals surface area contributed by atoms with Crippen molar-refractivity contribution in [2.75, 3.05) is 17.9 Å². The summed E-state index contributed by atoms with van der Waals surface area (Å²) in [5, 5.41) is 13.7. The maximum atomic E-state index is 13.7. The molecule has 0 spiro atoms. The molecule has 9 nitrogen and oxygen atoms in total. The summed E-state index contributed by atoms with van der Waals surface area (Å²) in [6.07, 6.45) is 0. The van der Waals surface area contributed by atoms with Crippen LogP contribution in [0.4, 0.5) is 14.5 Å². The first-order valence-corrected chi connectivity index (χ1v) is 10.9. The van der Waals surface area contributed by atoms with E-state index in [2.05, 4.69) is 20.8 Å². The van der Waals surface area contributed by atoms with Gasteiger partial charge in [0.2, 0.25) is 12.7 Å². The molecule has 0 atom stereocenters. The zero-order valence-corrected chi connectivity index (χ0v) is 18.2. The minimum absolute atomic E-state index is 0.0857. The van der Waals surface area contributed by atoms with Crippen LogP contribution in [0.5, 0.6) is 11.5 Å². The van der Waals surface area contributed by atoms with E-state index in [9.17, 15) is 18.4 Å². The van der Waals surface area contributed by atoms with Crippen LogP contribution >= 0.6 is 11.8 Å². The lowest BCUT2D eigenvalue weighted by atomic mass is 10.2. The number of hydrogen-bond acceptors (Lipinski definition) is 7. The van der Waals surface area contributed by atoms with E-state index in [0.29, 0.717) is 34.6 Å². The van der Waals surface area contributed by atoms with Crippen molar-refractivity contribution >= 4 is 29.3 Å². The first-order chi connectivity index (χ1) is 15.9. The average Bonchev–Trinajstić information content (AvgIpc) is 3.44. The first-order valence-electron chi connectivity index (χ1n) is 9.92. The molecule has 1 aliphatic rings. The van der Waals surface area contributed by atoms with Gasteiger partial charge in [0.05, 0.1) is 18.0 Å². The Labute approximate surface area is 191 Å². The summed E-state index contributed by atoms with van der Waals surface area (Å²) < 4.78 is 39.2. The number of nitrogens with one attached hydrogen (secondary N) is 2. The summed E-state index contributed by atoms with van der Waals surface area (Å²) in [6.45, 7) is 2.62. The third kappa shape index (κ3) is 5.22. The number of anilines is 1. The van der Waals surface area contributed by atoms with Crippen molar-refractivity contribution in [3.05, 3.63) is 59.4 Å². The molecule has 4 rings (SSSR count). The predicted molar refractivity (Wildman–Crippen MR) is 115 cm³/mol. The van der Waals surface area contributed by atoms with Crippen molar-refractivity contribution in [1.29, 1.82) is 0 Å². The number of amides is 2. The van der Waals surface area contributed by atoms with Gasteiger partial charge in [-0.15, -0.1) is 10.2 Å². The third-order valence-electron chi connectivity index (χ3n) is 4.69. The summed E-state index contributed by atoms with van der Waals surface area (Å²) in [5.41, 5.74) is 0.183. The van der Waals surface area contributed by atoms with Gasteiger partial charge in [-0.2, -0.15) is 0 Å².